The second kappa shape index (κ2) is 13.5. The van der Waals surface area contributed by atoms with Crippen LogP contribution in [0.1, 0.15) is 44.2 Å². The molecule has 0 spiro atoms. The number of carbonyl (C=O) groups is 5. The number of fused-ring (bicyclic) bond motifs is 2. The maximum atomic E-state index is 15.7. The van der Waals surface area contributed by atoms with Crippen molar-refractivity contribution in [3.63, 3.8) is 0 Å². The number of carboxylic acids is 1. The molecule has 0 saturated carbocycles. The fourth-order valence-electron chi connectivity index (χ4n) is 5.89. The molecule has 46 heavy (non-hydrogen) atoms. The van der Waals surface area contributed by atoms with E-state index in [-0.39, 0.29) is 43.5 Å². The molecule has 0 unspecified atom stereocenters. The predicted octanol–water partition coefficient (Wildman–Crippen LogP) is 2.46. The number of rotatable bonds is 11. The van der Waals surface area contributed by atoms with Crippen LogP contribution in [0, 0.1) is 5.82 Å². The van der Waals surface area contributed by atoms with Crippen LogP contribution in [0.4, 0.5) is 4.39 Å². The van der Waals surface area contributed by atoms with Crippen molar-refractivity contribution in [2.24, 2.45) is 7.05 Å². The summed E-state index contributed by atoms with van der Waals surface area (Å²) in [5, 5.41) is 21.5. The quantitative estimate of drug-likeness (QED) is 0.255. The Morgan fingerprint density at radius 2 is 1.80 bits per heavy atom. The molecule has 3 heterocycles. The van der Waals surface area contributed by atoms with Crippen LogP contribution in [-0.2, 0) is 37.6 Å². The third-order valence-corrected chi connectivity index (χ3v) is 8.38. The first-order chi connectivity index (χ1) is 21.9. The molecule has 0 bridgehead atoms. The number of Topliss-reactive ketones (excluding diaryl/α,β-unsaturated/α-hetero) is 1. The van der Waals surface area contributed by atoms with Crippen molar-refractivity contribution in [3.05, 3.63) is 48.0 Å². The van der Waals surface area contributed by atoms with Crippen LogP contribution in [0.15, 0.2) is 36.5 Å². The summed E-state index contributed by atoms with van der Waals surface area (Å²) in [6, 6.07) is 8.59. The van der Waals surface area contributed by atoms with E-state index in [0.29, 0.717) is 59.0 Å². The number of piperidine rings is 1. The number of aryl methyl sites for hydroxylation is 1. The lowest BCUT2D eigenvalue weighted by molar-refractivity contribution is -0.139. The smallest absolute Gasteiger partial charge is 0.322 e. The number of likely N-dealkylation sites (tertiary alicyclic amines) is 1. The fourth-order valence-corrected chi connectivity index (χ4v) is 5.89. The van der Waals surface area contributed by atoms with Gasteiger partial charge in [0.1, 0.15) is 24.7 Å². The van der Waals surface area contributed by atoms with Crippen LogP contribution in [0.3, 0.4) is 0 Å². The minimum atomic E-state index is -1.20. The van der Waals surface area contributed by atoms with Gasteiger partial charge in [0.05, 0.1) is 29.5 Å². The number of aliphatic carboxylic acids is 1. The third kappa shape index (κ3) is 6.90. The first-order valence-corrected chi connectivity index (χ1v) is 15.0. The minimum absolute atomic E-state index is 0.0367. The van der Waals surface area contributed by atoms with Gasteiger partial charge in [-0.05, 0) is 43.5 Å². The maximum Gasteiger partial charge on any atom is 0.322 e. The summed E-state index contributed by atoms with van der Waals surface area (Å²) in [5.41, 5.74) is 3.00. The Balaban J connectivity index is 1.49. The Bertz CT molecular complexity index is 1840. The number of hydrogen-bond donors (Lipinski definition) is 2. The predicted molar refractivity (Wildman–Crippen MR) is 166 cm³/mol. The summed E-state index contributed by atoms with van der Waals surface area (Å²) in [6.45, 7) is 1.30. The summed E-state index contributed by atoms with van der Waals surface area (Å²) in [7, 11) is 3.22. The zero-order valence-corrected chi connectivity index (χ0v) is 26.0. The molecule has 1 aliphatic rings. The largest absolute Gasteiger partial charge is 0.480 e. The van der Waals surface area contributed by atoms with Crippen LogP contribution < -0.4 is 5.32 Å². The van der Waals surface area contributed by atoms with E-state index in [1.807, 2.05) is 12.1 Å². The van der Waals surface area contributed by atoms with E-state index in [1.165, 1.54) is 24.9 Å². The highest BCUT2D eigenvalue weighted by molar-refractivity contribution is 6.00. The average Bonchev–Trinajstić information content (AvgIpc) is 3.57. The second-order valence-electron chi connectivity index (χ2n) is 11.7. The molecule has 2 N–H and O–H groups in total. The molecular weight excluding hydrogens is 597 g/mol. The van der Waals surface area contributed by atoms with Crippen molar-refractivity contribution < 1.29 is 33.5 Å². The summed E-state index contributed by atoms with van der Waals surface area (Å²) in [4.78, 5) is 63.2. The number of halogens is 1. The lowest BCUT2D eigenvalue weighted by atomic mass is 9.88. The van der Waals surface area contributed by atoms with Crippen LogP contribution in [0.2, 0.25) is 0 Å². The lowest BCUT2D eigenvalue weighted by Crippen LogP contribution is -2.41. The molecule has 14 heteroatoms. The molecule has 2 aromatic carbocycles. The van der Waals surface area contributed by atoms with E-state index in [4.69, 9.17) is 10.2 Å². The molecule has 1 aliphatic heterocycles. The van der Waals surface area contributed by atoms with Crippen molar-refractivity contribution >= 4 is 51.3 Å². The van der Waals surface area contributed by atoms with Gasteiger partial charge < -0.3 is 25.0 Å². The Morgan fingerprint density at radius 1 is 1.07 bits per heavy atom. The Kier molecular flexibility index (Phi) is 9.44. The highest BCUT2D eigenvalue weighted by atomic mass is 19.1. The maximum absolute atomic E-state index is 15.7. The first kappa shape index (κ1) is 32.3. The molecule has 242 valence electrons. The van der Waals surface area contributed by atoms with Crippen LogP contribution in [0.5, 0.6) is 0 Å². The van der Waals surface area contributed by atoms with Crippen molar-refractivity contribution in [1.82, 2.24) is 34.7 Å². The molecule has 13 nitrogen and oxygen atoms in total. The van der Waals surface area contributed by atoms with E-state index in [1.54, 1.807) is 39.6 Å². The molecule has 2 aromatic heterocycles. The van der Waals surface area contributed by atoms with E-state index < -0.39 is 30.1 Å². The normalized spacial score (nSPS) is 13.7. The van der Waals surface area contributed by atoms with Gasteiger partial charge in [0, 0.05) is 62.3 Å². The van der Waals surface area contributed by atoms with Crippen LogP contribution in [-0.4, -0.2) is 97.2 Å². The van der Waals surface area contributed by atoms with Gasteiger partial charge in [-0.25, -0.2) is 4.39 Å². The van der Waals surface area contributed by atoms with Crippen molar-refractivity contribution in [3.8, 4) is 11.1 Å². The monoisotopic (exact) mass is 633 g/mol. The van der Waals surface area contributed by atoms with Gasteiger partial charge in [-0.3, -0.25) is 28.5 Å². The van der Waals surface area contributed by atoms with Crippen molar-refractivity contribution in [2.45, 2.75) is 45.1 Å². The zero-order valence-electron chi connectivity index (χ0n) is 26.0. The number of nitrogens with zero attached hydrogens (tertiary/aromatic N) is 6. The zero-order chi connectivity index (χ0) is 33.1. The summed E-state index contributed by atoms with van der Waals surface area (Å²) in [6.07, 6.45) is 3.15. The fraction of sp³-hybridized carbons (Fsp3) is 0.406. The molecule has 1 fully saturated rings. The highest BCUT2D eigenvalue weighted by Crippen LogP contribution is 2.40. The first-order valence-electron chi connectivity index (χ1n) is 15.0. The van der Waals surface area contributed by atoms with Gasteiger partial charge in [0.15, 0.2) is 0 Å². The van der Waals surface area contributed by atoms with Gasteiger partial charge in [-0.1, -0.05) is 12.1 Å². The topological polar surface area (TPSA) is 160 Å². The number of benzene rings is 2. The number of nitrogens with one attached hydrogen (secondary N) is 1. The van der Waals surface area contributed by atoms with E-state index in [0.717, 1.165) is 5.52 Å². The van der Waals surface area contributed by atoms with Gasteiger partial charge in [-0.2, -0.15) is 10.2 Å². The third-order valence-electron chi connectivity index (χ3n) is 8.38. The standard InChI is InChI=1S/C32H36FN7O6/c1-19(41)7-8-28(43)39-11-9-20(10-12-39)32-31-22(23-14-26-21(13-24(23)33)15-35-38(26)3)5-4-6-25(31)40(36-32)18-29(44)37(2)17-27(42)34-16-30(45)46/h4-6,13-15,20H,7-12,16-18H2,1-3H3,(H,34,42)(H,45,46). The Labute approximate surface area is 263 Å². The molecule has 5 rings (SSSR count). The highest BCUT2D eigenvalue weighted by Gasteiger charge is 2.30. The average molecular weight is 634 g/mol. The molecule has 1 saturated heterocycles. The minimum Gasteiger partial charge on any atom is -0.480 e. The molecule has 0 aliphatic carbocycles. The number of ketones is 1. The number of hydrogen-bond acceptors (Lipinski definition) is 7. The molecule has 0 atom stereocenters. The van der Waals surface area contributed by atoms with Gasteiger partial charge in [-0.15, -0.1) is 0 Å². The summed E-state index contributed by atoms with van der Waals surface area (Å²) in [5.74, 6) is -2.88. The number of aromatic nitrogens is 4. The lowest BCUT2D eigenvalue weighted by Gasteiger charge is -2.31. The van der Waals surface area contributed by atoms with E-state index in [9.17, 15) is 24.0 Å². The molecule has 4 aromatic rings. The molecule has 3 amide bonds. The van der Waals surface area contributed by atoms with Gasteiger partial charge in [0.2, 0.25) is 17.7 Å². The van der Waals surface area contributed by atoms with Gasteiger partial charge in [0.25, 0.3) is 0 Å². The van der Waals surface area contributed by atoms with E-state index >= 15 is 4.39 Å². The van der Waals surface area contributed by atoms with E-state index in [2.05, 4.69) is 10.4 Å². The number of amides is 3. The molecule has 0 radical (unpaired) electrons. The van der Waals surface area contributed by atoms with Crippen LogP contribution >= 0.6 is 0 Å². The Hall–Kier alpha value is -5.14. The second-order valence-corrected chi connectivity index (χ2v) is 11.7. The van der Waals surface area contributed by atoms with Crippen molar-refractivity contribution in [2.75, 3.05) is 33.2 Å². The summed E-state index contributed by atoms with van der Waals surface area (Å²) < 4.78 is 18.9. The van der Waals surface area contributed by atoms with Gasteiger partial charge >= 0.3 is 5.97 Å². The molecular formula is C32H36FN7O6. The number of likely N-dealkylation sites (N-methyl/N-ethyl adjacent to an activating group) is 1. The number of carboxylic acid groups (broad SMARTS) is 1. The number of carbonyl (C=O) groups excluding carboxylic acids is 4. The van der Waals surface area contributed by atoms with Crippen molar-refractivity contribution in [1.29, 1.82) is 0 Å². The SMILES string of the molecule is CC(=O)CCC(=O)N1CCC(c2nn(CC(=O)N(C)CC(=O)NCC(=O)O)c3cccc(-c4cc5c(cnn5C)cc4F)c23)CC1. The van der Waals surface area contributed by atoms with Crippen LogP contribution in [0.25, 0.3) is 32.9 Å². The summed E-state index contributed by atoms with van der Waals surface area (Å²) >= 11 is 0. The Morgan fingerprint density at radius 3 is 2.50 bits per heavy atom.